The Labute approximate surface area is 186 Å². The van der Waals surface area contributed by atoms with Crippen molar-refractivity contribution >= 4 is 12.0 Å². The van der Waals surface area contributed by atoms with Crippen LogP contribution in [-0.2, 0) is 4.79 Å². The van der Waals surface area contributed by atoms with Crippen LogP contribution >= 0.6 is 0 Å². The van der Waals surface area contributed by atoms with E-state index >= 15 is 0 Å². The third kappa shape index (κ3) is 4.12. The van der Waals surface area contributed by atoms with Crippen LogP contribution < -0.4 is 14.8 Å². The predicted octanol–water partition coefficient (Wildman–Crippen LogP) is 2.91. The zero-order valence-corrected chi connectivity index (χ0v) is 17.9. The van der Waals surface area contributed by atoms with E-state index in [0.717, 1.165) is 0 Å². The Kier molecular flexibility index (Phi) is 5.76. The summed E-state index contributed by atoms with van der Waals surface area (Å²) in [5, 5.41) is 23.1. The average molecular weight is 435 g/mol. The van der Waals surface area contributed by atoms with Gasteiger partial charge in [-0.05, 0) is 57.0 Å². The third-order valence-electron chi connectivity index (χ3n) is 5.91. The molecule has 8 heteroatoms. The number of ether oxygens (including phenoxy) is 2. The first kappa shape index (κ1) is 21.7. The highest BCUT2D eigenvalue weighted by Gasteiger charge is 2.45. The maximum atomic E-state index is 13.2. The number of para-hydroxylation sites is 1. The maximum absolute atomic E-state index is 13.2. The van der Waals surface area contributed by atoms with E-state index in [-0.39, 0.29) is 5.91 Å². The van der Waals surface area contributed by atoms with E-state index in [1.54, 1.807) is 56.3 Å². The van der Waals surface area contributed by atoms with E-state index in [0.29, 0.717) is 42.0 Å². The van der Waals surface area contributed by atoms with Gasteiger partial charge in [-0.15, -0.1) is 0 Å². The van der Waals surface area contributed by atoms with Crippen LogP contribution in [0.3, 0.4) is 0 Å². The summed E-state index contributed by atoms with van der Waals surface area (Å²) < 4.78 is 11.3. The first-order valence-corrected chi connectivity index (χ1v) is 10.5. The van der Waals surface area contributed by atoms with Crippen LogP contribution in [0.25, 0.3) is 0 Å². The van der Waals surface area contributed by atoms with Crippen molar-refractivity contribution in [3.63, 3.8) is 0 Å². The molecule has 0 aromatic heterocycles. The molecule has 4 rings (SSSR count). The molecule has 0 saturated carbocycles. The number of nitrogens with one attached hydrogen (secondary N) is 1. The van der Waals surface area contributed by atoms with E-state index < -0.39 is 29.9 Å². The maximum Gasteiger partial charge on any atom is 0.415 e. The molecular formula is C24H25N3O5. The van der Waals surface area contributed by atoms with Crippen molar-refractivity contribution in [3.8, 4) is 17.6 Å². The van der Waals surface area contributed by atoms with Crippen LogP contribution in [-0.4, -0.2) is 46.3 Å². The Hall–Kier alpha value is -3.57. The molecule has 0 radical (unpaired) electrons. The number of benzene rings is 2. The number of amides is 2. The third-order valence-corrected chi connectivity index (χ3v) is 5.91. The molecule has 32 heavy (non-hydrogen) atoms. The number of hydrogen-bond donors (Lipinski definition) is 2. The van der Waals surface area contributed by atoms with Crippen molar-refractivity contribution < 1.29 is 24.2 Å². The number of nitrogens with zero attached hydrogens (tertiary/aromatic N) is 2. The summed E-state index contributed by atoms with van der Waals surface area (Å²) in [4.78, 5) is 27.3. The Morgan fingerprint density at radius 3 is 2.72 bits per heavy atom. The Bertz CT molecular complexity index is 1060. The zero-order chi connectivity index (χ0) is 22.9. The van der Waals surface area contributed by atoms with Gasteiger partial charge in [0.1, 0.15) is 29.2 Å². The first-order valence-electron chi connectivity index (χ1n) is 10.5. The molecule has 2 aliphatic rings. The molecule has 166 valence electrons. The summed E-state index contributed by atoms with van der Waals surface area (Å²) in [6, 6.07) is 14.2. The second kappa shape index (κ2) is 8.52. The smallest absolute Gasteiger partial charge is 0.415 e. The minimum absolute atomic E-state index is 0.387. The van der Waals surface area contributed by atoms with Crippen LogP contribution in [0.1, 0.15) is 43.9 Å². The number of fused-ring (bicyclic) bond motifs is 1. The number of likely N-dealkylation sites (tertiary alicyclic amines) is 1. The van der Waals surface area contributed by atoms with Gasteiger partial charge in [-0.1, -0.05) is 18.2 Å². The Balaban J connectivity index is 1.55. The van der Waals surface area contributed by atoms with Crippen molar-refractivity contribution in [2.75, 3.05) is 6.54 Å². The summed E-state index contributed by atoms with van der Waals surface area (Å²) in [6.45, 7) is 3.87. The van der Waals surface area contributed by atoms with Crippen molar-refractivity contribution in [1.82, 2.24) is 10.2 Å². The summed E-state index contributed by atoms with van der Waals surface area (Å²) >= 11 is 0. The van der Waals surface area contributed by atoms with Crippen LogP contribution in [0, 0.1) is 11.3 Å². The SMILES string of the molecule is CC1(C)Oc2ccc(C#N)cc2[C@@H](NC(=O)[C@@H]2CCCN2C(=O)Oc2ccccc2)[C@@H]1O. The molecule has 1 saturated heterocycles. The lowest BCUT2D eigenvalue weighted by Gasteiger charge is -2.42. The number of aliphatic hydroxyl groups is 1. The van der Waals surface area contributed by atoms with Crippen LogP contribution in [0.15, 0.2) is 48.5 Å². The Morgan fingerprint density at radius 1 is 1.25 bits per heavy atom. The molecule has 3 atom stereocenters. The van der Waals surface area contributed by atoms with Gasteiger partial charge in [0, 0.05) is 12.1 Å². The molecule has 2 heterocycles. The quantitative estimate of drug-likeness (QED) is 0.767. The first-order chi connectivity index (χ1) is 15.3. The van der Waals surface area contributed by atoms with Crippen LogP contribution in [0.4, 0.5) is 4.79 Å². The molecule has 2 amide bonds. The van der Waals surface area contributed by atoms with Crippen LogP contribution in [0.5, 0.6) is 11.5 Å². The molecule has 0 spiro atoms. The number of rotatable bonds is 3. The van der Waals surface area contributed by atoms with E-state index in [4.69, 9.17) is 9.47 Å². The number of carbonyl (C=O) groups is 2. The topological polar surface area (TPSA) is 112 Å². The predicted molar refractivity (Wildman–Crippen MR) is 115 cm³/mol. The van der Waals surface area contributed by atoms with Gasteiger partial charge in [0.25, 0.3) is 0 Å². The van der Waals surface area contributed by atoms with Gasteiger partial charge in [-0.2, -0.15) is 5.26 Å². The highest BCUT2D eigenvalue weighted by molar-refractivity contribution is 5.87. The summed E-state index contributed by atoms with van der Waals surface area (Å²) in [5.74, 6) is 0.516. The lowest BCUT2D eigenvalue weighted by atomic mass is 9.85. The van der Waals surface area contributed by atoms with Crippen molar-refractivity contribution in [2.45, 2.75) is 50.5 Å². The number of hydrogen-bond acceptors (Lipinski definition) is 6. The molecule has 0 bridgehead atoms. The Morgan fingerprint density at radius 2 is 2.00 bits per heavy atom. The van der Waals surface area contributed by atoms with E-state index in [9.17, 15) is 20.0 Å². The summed E-state index contributed by atoms with van der Waals surface area (Å²) in [5.41, 5.74) is -0.0335. The van der Waals surface area contributed by atoms with Crippen LogP contribution in [0.2, 0.25) is 0 Å². The lowest BCUT2D eigenvalue weighted by Crippen LogP contribution is -2.56. The molecular weight excluding hydrogens is 410 g/mol. The number of carbonyl (C=O) groups excluding carboxylic acids is 2. The standard InChI is InChI=1S/C24H25N3O5/c1-24(2)21(28)20(17-13-15(14-25)10-11-19(17)32-24)26-22(29)18-9-6-12-27(18)23(30)31-16-7-4-3-5-8-16/h3-5,7-8,10-11,13,18,20-21,28H,6,9,12H2,1-2H3,(H,26,29)/t18-,20+,21-/m0/s1. The van der Waals surface area contributed by atoms with Gasteiger partial charge in [-0.3, -0.25) is 9.69 Å². The fourth-order valence-electron chi connectivity index (χ4n) is 4.18. The number of aliphatic hydroxyl groups excluding tert-OH is 1. The number of nitriles is 1. The van der Waals surface area contributed by atoms with Gasteiger partial charge in [-0.25, -0.2) is 4.79 Å². The zero-order valence-electron chi connectivity index (χ0n) is 17.9. The van der Waals surface area contributed by atoms with Gasteiger partial charge in [0.15, 0.2) is 0 Å². The summed E-state index contributed by atoms with van der Waals surface area (Å²) in [7, 11) is 0. The largest absolute Gasteiger partial charge is 0.485 e. The molecule has 2 aromatic rings. The van der Waals surface area contributed by atoms with Crippen molar-refractivity contribution in [2.24, 2.45) is 0 Å². The minimum Gasteiger partial charge on any atom is -0.485 e. The molecule has 0 unspecified atom stereocenters. The van der Waals surface area contributed by atoms with Gasteiger partial charge < -0.3 is 19.9 Å². The monoisotopic (exact) mass is 435 g/mol. The summed E-state index contributed by atoms with van der Waals surface area (Å²) in [6.07, 6.45) is -0.490. The molecule has 0 aliphatic carbocycles. The van der Waals surface area contributed by atoms with E-state index in [1.165, 1.54) is 4.90 Å². The van der Waals surface area contributed by atoms with Gasteiger partial charge in [0.05, 0.1) is 17.7 Å². The molecule has 2 N–H and O–H groups in total. The highest BCUT2D eigenvalue weighted by atomic mass is 16.6. The molecule has 8 nitrogen and oxygen atoms in total. The van der Waals surface area contributed by atoms with E-state index in [1.807, 2.05) is 6.07 Å². The molecule has 1 fully saturated rings. The van der Waals surface area contributed by atoms with E-state index in [2.05, 4.69) is 11.4 Å². The fraction of sp³-hybridized carbons (Fsp3) is 0.375. The average Bonchev–Trinajstić information content (AvgIpc) is 3.27. The second-order valence-corrected chi connectivity index (χ2v) is 8.53. The molecule has 2 aromatic carbocycles. The highest BCUT2D eigenvalue weighted by Crippen LogP contribution is 2.40. The molecule has 2 aliphatic heterocycles. The fourth-order valence-corrected chi connectivity index (χ4v) is 4.18. The normalized spacial score (nSPS) is 23.4. The van der Waals surface area contributed by atoms with Crippen molar-refractivity contribution in [1.29, 1.82) is 5.26 Å². The van der Waals surface area contributed by atoms with Crippen molar-refractivity contribution in [3.05, 3.63) is 59.7 Å². The van der Waals surface area contributed by atoms with Gasteiger partial charge >= 0.3 is 6.09 Å². The lowest BCUT2D eigenvalue weighted by molar-refractivity contribution is -0.129. The minimum atomic E-state index is -1.06. The van der Waals surface area contributed by atoms with Gasteiger partial charge in [0.2, 0.25) is 5.91 Å². The second-order valence-electron chi connectivity index (χ2n) is 8.53.